The van der Waals surface area contributed by atoms with E-state index in [9.17, 15) is 0 Å². The van der Waals surface area contributed by atoms with Crippen LogP contribution in [0.5, 0.6) is 0 Å². The Morgan fingerprint density at radius 2 is 2.18 bits per heavy atom. The van der Waals surface area contributed by atoms with E-state index in [-0.39, 0.29) is 0 Å². The van der Waals surface area contributed by atoms with Gasteiger partial charge in [-0.05, 0) is 49.1 Å². The van der Waals surface area contributed by atoms with Gasteiger partial charge in [-0.1, -0.05) is 29.8 Å². The van der Waals surface area contributed by atoms with Crippen LogP contribution in [0.4, 0.5) is 5.69 Å². The molecule has 0 aromatic heterocycles. The third-order valence-electron chi connectivity index (χ3n) is 3.55. The topological polar surface area (TPSA) is 29.3 Å². The zero-order valence-electron chi connectivity index (χ0n) is 10.6. The second kappa shape index (κ2) is 5.40. The van der Waals surface area contributed by atoms with Gasteiger partial charge < -0.3 is 5.73 Å². The molecule has 0 spiro atoms. The van der Waals surface area contributed by atoms with Gasteiger partial charge in [0.15, 0.2) is 0 Å². The molecule has 0 bridgehead atoms. The lowest BCUT2D eigenvalue weighted by Crippen LogP contribution is -2.32. The summed E-state index contributed by atoms with van der Waals surface area (Å²) in [5, 5.41) is 0. The second-order valence-corrected chi connectivity index (χ2v) is 6.23. The Kier molecular flexibility index (Phi) is 4.10. The van der Waals surface area contributed by atoms with Crippen LogP contribution in [-0.4, -0.2) is 17.5 Å². The summed E-state index contributed by atoms with van der Waals surface area (Å²) in [7, 11) is 0. The van der Waals surface area contributed by atoms with Crippen molar-refractivity contribution in [1.29, 1.82) is 0 Å². The van der Waals surface area contributed by atoms with Crippen LogP contribution in [0, 0.1) is 5.92 Å². The lowest BCUT2D eigenvalue weighted by molar-refractivity contribution is 0.199. The van der Waals surface area contributed by atoms with Crippen LogP contribution in [0.25, 0.3) is 0 Å². The minimum absolute atomic E-state index is 0.732. The average Bonchev–Trinajstić information content (AvgIpc) is 2.63. The fraction of sp³-hybridized carbons (Fsp3) is 0.571. The number of anilines is 1. The summed E-state index contributed by atoms with van der Waals surface area (Å²) >= 11 is 3.51. The Balaban J connectivity index is 2.09. The quantitative estimate of drug-likeness (QED) is 0.863. The number of likely N-dealkylation sites (tertiary alicyclic amines) is 1. The Bertz CT molecular complexity index is 370. The summed E-state index contributed by atoms with van der Waals surface area (Å²) in [4.78, 5) is 2.59. The van der Waals surface area contributed by atoms with Gasteiger partial charge in [0.1, 0.15) is 0 Å². The highest BCUT2D eigenvalue weighted by Crippen LogP contribution is 2.27. The third kappa shape index (κ3) is 3.23. The molecule has 1 aliphatic heterocycles. The fourth-order valence-corrected chi connectivity index (χ4v) is 3.36. The maximum absolute atomic E-state index is 5.88. The molecule has 0 saturated carbocycles. The lowest BCUT2D eigenvalue weighted by Gasteiger charge is -2.27. The molecular formula is C14H21BrN2. The number of nitrogen functional groups attached to an aromatic ring is 1. The molecule has 1 fully saturated rings. The molecule has 1 heterocycles. The molecule has 1 saturated heterocycles. The predicted octanol–water partition coefficient (Wildman–Crippen LogP) is 3.65. The van der Waals surface area contributed by atoms with Gasteiger partial charge >= 0.3 is 0 Å². The van der Waals surface area contributed by atoms with Crippen molar-refractivity contribution >= 4 is 21.6 Å². The third-order valence-corrected chi connectivity index (χ3v) is 4.01. The van der Waals surface area contributed by atoms with Gasteiger partial charge in [0, 0.05) is 22.7 Å². The van der Waals surface area contributed by atoms with Crippen molar-refractivity contribution in [2.75, 3.05) is 12.3 Å². The summed E-state index contributed by atoms with van der Waals surface area (Å²) in [5.74, 6) is 0.738. The molecular weight excluding hydrogens is 276 g/mol. The Morgan fingerprint density at radius 1 is 1.41 bits per heavy atom. The number of nitrogens with two attached hydrogens (primary N) is 1. The first kappa shape index (κ1) is 12.9. The Hall–Kier alpha value is -0.540. The number of rotatable bonds is 3. The van der Waals surface area contributed by atoms with Crippen LogP contribution in [0.2, 0.25) is 0 Å². The summed E-state index contributed by atoms with van der Waals surface area (Å²) in [6.07, 6.45) is 2.66. The van der Waals surface area contributed by atoms with E-state index >= 15 is 0 Å². The molecule has 1 aliphatic rings. The zero-order valence-corrected chi connectivity index (χ0v) is 12.2. The first-order chi connectivity index (χ1) is 8.06. The molecule has 2 rings (SSSR count). The monoisotopic (exact) mass is 296 g/mol. The molecule has 1 aromatic carbocycles. The molecule has 0 radical (unpaired) electrons. The molecule has 0 amide bonds. The van der Waals surface area contributed by atoms with E-state index < -0.39 is 0 Å². The van der Waals surface area contributed by atoms with Crippen molar-refractivity contribution in [2.45, 2.75) is 39.3 Å². The Morgan fingerprint density at radius 3 is 2.82 bits per heavy atom. The molecule has 3 heteroatoms. The van der Waals surface area contributed by atoms with Crippen LogP contribution < -0.4 is 5.73 Å². The van der Waals surface area contributed by atoms with Crippen molar-refractivity contribution < 1.29 is 0 Å². The summed E-state index contributed by atoms with van der Waals surface area (Å²) < 4.78 is 1.08. The first-order valence-corrected chi connectivity index (χ1v) is 7.14. The van der Waals surface area contributed by atoms with Crippen LogP contribution in [0.1, 0.15) is 32.3 Å². The SMILES string of the molecule is CC(C)C1CCCN1Cc1cc(N)cc(Br)c1. The summed E-state index contributed by atoms with van der Waals surface area (Å²) in [6.45, 7) is 6.87. The molecule has 94 valence electrons. The molecule has 0 aliphatic carbocycles. The van der Waals surface area contributed by atoms with E-state index in [2.05, 4.69) is 46.8 Å². The maximum Gasteiger partial charge on any atom is 0.0328 e. The number of hydrogen-bond donors (Lipinski definition) is 1. The van der Waals surface area contributed by atoms with E-state index in [4.69, 9.17) is 5.73 Å². The zero-order chi connectivity index (χ0) is 12.4. The highest BCUT2D eigenvalue weighted by Gasteiger charge is 2.26. The van der Waals surface area contributed by atoms with Gasteiger partial charge in [-0.15, -0.1) is 0 Å². The fourth-order valence-electron chi connectivity index (χ4n) is 2.80. The van der Waals surface area contributed by atoms with Crippen molar-refractivity contribution in [1.82, 2.24) is 4.90 Å². The number of halogens is 1. The van der Waals surface area contributed by atoms with Crippen molar-refractivity contribution in [2.24, 2.45) is 5.92 Å². The summed E-state index contributed by atoms with van der Waals surface area (Å²) in [5.41, 5.74) is 8.03. The van der Waals surface area contributed by atoms with Crippen LogP contribution >= 0.6 is 15.9 Å². The van der Waals surface area contributed by atoms with Crippen LogP contribution in [-0.2, 0) is 6.54 Å². The van der Waals surface area contributed by atoms with E-state index in [0.29, 0.717) is 0 Å². The molecule has 17 heavy (non-hydrogen) atoms. The Labute approximate surface area is 112 Å². The van der Waals surface area contributed by atoms with Crippen LogP contribution in [0.3, 0.4) is 0 Å². The van der Waals surface area contributed by atoms with Gasteiger partial charge in [0.2, 0.25) is 0 Å². The normalized spacial score (nSPS) is 21.3. The second-order valence-electron chi connectivity index (χ2n) is 5.32. The highest BCUT2D eigenvalue weighted by atomic mass is 79.9. The van der Waals surface area contributed by atoms with E-state index in [1.54, 1.807) is 0 Å². The van der Waals surface area contributed by atoms with Crippen molar-refractivity contribution in [3.05, 3.63) is 28.2 Å². The minimum atomic E-state index is 0.732. The van der Waals surface area contributed by atoms with Crippen molar-refractivity contribution in [3.8, 4) is 0 Å². The molecule has 1 aromatic rings. The number of hydrogen-bond acceptors (Lipinski definition) is 2. The standard InChI is InChI=1S/C14H21BrN2/c1-10(2)14-4-3-5-17(14)9-11-6-12(15)8-13(16)7-11/h6-8,10,14H,3-5,9,16H2,1-2H3. The van der Waals surface area contributed by atoms with Gasteiger partial charge in [0.05, 0.1) is 0 Å². The molecule has 1 atom stereocenters. The van der Waals surface area contributed by atoms with Crippen molar-refractivity contribution in [3.63, 3.8) is 0 Å². The lowest BCUT2D eigenvalue weighted by atomic mass is 10.0. The molecule has 2 N–H and O–H groups in total. The predicted molar refractivity (Wildman–Crippen MR) is 76.8 cm³/mol. The average molecular weight is 297 g/mol. The largest absolute Gasteiger partial charge is 0.399 e. The van der Waals surface area contributed by atoms with Gasteiger partial charge in [-0.2, -0.15) is 0 Å². The van der Waals surface area contributed by atoms with Crippen LogP contribution in [0.15, 0.2) is 22.7 Å². The maximum atomic E-state index is 5.88. The smallest absolute Gasteiger partial charge is 0.0328 e. The van der Waals surface area contributed by atoms with Gasteiger partial charge in [-0.3, -0.25) is 4.90 Å². The van der Waals surface area contributed by atoms with E-state index in [1.807, 2.05) is 6.07 Å². The first-order valence-electron chi connectivity index (χ1n) is 6.35. The summed E-state index contributed by atoms with van der Waals surface area (Å²) in [6, 6.07) is 6.94. The van der Waals surface area contributed by atoms with Gasteiger partial charge in [-0.25, -0.2) is 0 Å². The van der Waals surface area contributed by atoms with Gasteiger partial charge in [0.25, 0.3) is 0 Å². The highest BCUT2D eigenvalue weighted by molar-refractivity contribution is 9.10. The number of nitrogens with zero attached hydrogens (tertiary/aromatic N) is 1. The van der Waals surface area contributed by atoms with E-state index in [1.165, 1.54) is 24.9 Å². The molecule has 1 unspecified atom stereocenters. The van der Waals surface area contributed by atoms with E-state index in [0.717, 1.165) is 28.7 Å². The number of benzene rings is 1. The minimum Gasteiger partial charge on any atom is -0.399 e. The molecule has 2 nitrogen and oxygen atoms in total.